The molecule has 0 atom stereocenters. The lowest BCUT2D eigenvalue weighted by Gasteiger charge is -2.11. The first-order valence-corrected chi connectivity index (χ1v) is 9.31. The Kier molecular flexibility index (Phi) is 6.29. The molecule has 0 aliphatic carbocycles. The number of halogens is 1. The number of ether oxygens (including phenoxy) is 1. The van der Waals surface area contributed by atoms with Gasteiger partial charge in [0, 0.05) is 12.1 Å². The molecule has 0 unspecified atom stereocenters. The quantitative estimate of drug-likeness (QED) is 0.315. The van der Waals surface area contributed by atoms with Gasteiger partial charge in [0.15, 0.2) is 0 Å². The van der Waals surface area contributed by atoms with Crippen LogP contribution in [0.5, 0.6) is 5.75 Å². The Balaban J connectivity index is 0.000000465. The monoisotopic (exact) mass is 395 g/mol. The summed E-state index contributed by atoms with van der Waals surface area (Å²) in [6, 6.07) is 13.2. The molecule has 1 heterocycles. The van der Waals surface area contributed by atoms with Crippen LogP contribution in [0.1, 0.15) is 23.7 Å². The average Bonchev–Trinajstić information content (AvgIpc) is 2.59. The van der Waals surface area contributed by atoms with Crippen molar-refractivity contribution in [1.29, 1.82) is 0 Å². The number of para-hydroxylation sites is 1. The van der Waals surface area contributed by atoms with Gasteiger partial charge in [-0.3, -0.25) is 0 Å². The highest BCUT2D eigenvalue weighted by atomic mass is 32.3. The molecule has 0 bridgehead atoms. The maximum atomic E-state index is 11.9. The van der Waals surface area contributed by atoms with Crippen LogP contribution in [0, 0.1) is 0 Å². The number of pyridine rings is 1. The van der Waals surface area contributed by atoms with Crippen LogP contribution in [-0.2, 0) is 17.6 Å². The summed E-state index contributed by atoms with van der Waals surface area (Å²) in [5.74, 6) is -0.313. The van der Waals surface area contributed by atoms with Gasteiger partial charge in [-0.05, 0) is 18.6 Å². The Morgan fingerprint density at radius 2 is 1.78 bits per heavy atom. The summed E-state index contributed by atoms with van der Waals surface area (Å²) in [5, 5.41) is 11.1. The normalized spacial score (nSPS) is 11.1. The number of hydrogen-bond acceptors (Lipinski definition) is 5. The summed E-state index contributed by atoms with van der Waals surface area (Å²) in [5.41, 5.74) is 2.04. The number of carboxylic acids is 1. The number of aromatic nitrogens is 1. The number of carbonyl (C=O) groups is 1. The lowest BCUT2D eigenvalue weighted by molar-refractivity contribution is -0.617. The van der Waals surface area contributed by atoms with E-state index in [4.69, 9.17) is 17.7 Å². The molecule has 2 aromatic carbocycles. The van der Waals surface area contributed by atoms with Gasteiger partial charge in [-0.25, -0.2) is 13.2 Å². The second-order valence-electron chi connectivity index (χ2n) is 5.65. The predicted molar refractivity (Wildman–Crippen MR) is 96.2 cm³/mol. The van der Waals surface area contributed by atoms with E-state index in [1.807, 2.05) is 61.0 Å². The summed E-state index contributed by atoms with van der Waals surface area (Å²) in [6.07, 6.45) is 0.874. The first kappa shape index (κ1) is 20.5. The predicted octanol–water partition coefficient (Wildman–Crippen LogP) is 2.72. The van der Waals surface area contributed by atoms with Crippen molar-refractivity contribution >= 4 is 38.3 Å². The van der Waals surface area contributed by atoms with Gasteiger partial charge in [0.2, 0.25) is 11.0 Å². The summed E-state index contributed by atoms with van der Waals surface area (Å²) >= 11 is 0. The molecule has 0 aliphatic rings. The molecule has 0 amide bonds. The molecular formula is C18H18FNO6S. The van der Waals surface area contributed by atoms with Gasteiger partial charge in [0.1, 0.15) is 18.2 Å². The van der Waals surface area contributed by atoms with E-state index in [9.17, 15) is 13.8 Å². The van der Waals surface area contributed by atoms with E-state index in [0.717, 1.165) is 22.8 Å². The zero-order valence-electron chi connectivity index (χ0n) is 14.7. The van der Waals surface area contributed by atoms with Gasteiger partial charge in [-0.1, -0.05) is 25.1 Å². The van der Waals surface area contributed by atoms with Gasteiger partial charge < -0.3 is 14.4 Å². The number of hydrogen-bond donors (Lipinski definition) is 1. The van der Waals surface area contributed by atoms with E-state index >= 15 is 0 Å². The molecule has 144 valence electrons. The fourth-order valence-corrected chi connectivity index (χ4v) is 2.85. The molecule has 0 aliphatic heterocycles. The van der Waals surface area contributed by atoms with Crippen LogP contribution >= 0.6 is 0 Å². The van der Waals surface area contributed by atoms with Crippen LogP contribution in [0.25, 0.3) is 21.8 Å². The van der Waals surface area contributed by atoms with Gasteiger partial charge in [-0.15, -0.1) is 3.89 Å². The molecule has 3 aromatic rings. The van der Waals surface area contributed by atoms with Crippen molar-refractivity contribution in [3.63, 3.8) is 0 Å². The third-order valence-electron chi connectivity index (χ3n) is 3.83. The minimum absolute atomic E-state index is 0.301. The highest BCUT2D eigenvalue weighted by Crippen LogP contribution is 2.31. The van der Waals surface area contributed by atoms with E-state index in [2.05, 4.69) is 0 Å². The molecule has 0 radical (unpaired) electrons. The van der Waals surface area contributed by atoms with Crippen LogP contribution in [-0.4, -0.2) is 30.7 Å². The number of fused-ring (bicyclic) bond motifs is 2. The molecule has 9 heteroatoms. The molecule has 1 N–H and O–H groups in total. The first-order chi connectivity index (χ1) is 12.6. The second-order valence-corrected chi connectivity index (χ2v) is 6.43. The Morgan fingerprint density at radius 1 is 1.19 bits per heavy atom. The maximum absolute atomic E-state index is 11.9. The van der Waals surface area contributed by atoms with Crippen molar-refractivity contribution in [2.75, 3.05) is 6.61 Å². The van der Waals surface area contributed by atoms with Gasteiger partial charge in [-0.2, -0.15) is 4.57 Å². The molecule has 0 saturated carbocycles. The van der Waals surface area contributed by atoms with Crippen molar-refractivity contribution in [3.05, 3.63) is 48.0 Å². The van der Waals surface area contributed by atoms with Crippen molar-refractivity contribution in [3.8, 4) is 5.75 Å². The lowest BCUT2D eigenvalue weighted by atomic mass is 10.0. The zero-order valence-corrected chi connectivity index (χ0v) is 15.5. The van der Waals surface area contributed by atoms with E-state index in [-0.39, 0.29) is 0 Å². The topological polar surface area (TPSA) is 108 Å². The third kappa shape index (κ3) is 4.89. The summed E-state index contributed by atoms with van der Waals surface area (Å²) in [4.78, 5) is 11.9. The smallest absolute Gasteiger partial charge is 0.337 e. The number of carboxylic acid groups (broad SMARTS) is 1. The van der Waals surface area contributed by atoms with Gasteiger partial charge in [0.05, 0.1) is 17.6 Å². The van der Waals surface area contributed by atoms with E-state index in [1.54, 1.807) is 0 Å². The number of aromatic carboxylic acids is 1. The zero-order chi connectivity index (χ0) is 20.2. The van der Waals surface area contributed by atoms with Crippen LogP contribution < -0.4 is 9.30 Å². The molecule has 27 heavy (non-hydrogen) atoms. The lowest BCUT2D eigenvalue weighted by Crippen LogP contribution is -2.31. The van der Waals surface area contributed by atoms with E-state index in [1.165, 1.54) is 0 Å². The molecule has 7 nitrogen and oxygen atoms in total. The molecular weight excluding hydrogens is 377 g/mol. The minimum Gasteiger partial charge on any atom is -0.722 e. The fourth-order valence-electron chi connectivity index (χ4n) is 2.85. The molecule has 1 aromatic heterocycles. The highest BCUT2D eigenvalue weighted by Gasteiger charge is 2.24. The largest absolute Gasteiger partial charge is 0.722 e. The number of rotatable bonds is 4. The van der Waals surface area contributed by atoms with Crippen LogP contribution in [0.2, 0.25) is 0 Å². The van der Waals surface area contributed by atoms with Crippen LogP contribution in [0.15, 0.2) is 42.5 Å². The van der Waals surface area contributed by atoms with Crippen LogP contribution in [0.4, 0.5) is 3.89 Å². The van der Waals surface area contributed by atoms with Gasteiger partial charge in [0.25, 0.3) is 10.5 Å². The Morgan fingerprint density at radius 3 is 2.37 bits per heavy atom. The highest BCUT2D eigenvalue weighted by molar-refractivity contribution is 7.80. The molecule has 0 saturated heterocycles. The minimum atomic E-state index is -5.42. The van der Waals surface area contributed by atoms with Crippen LogP contribution in [0.3, 0.4) is 0 Å². The number of nitrogens with zero attached hydrogens (tertiary/aromatic N) is 1. The second kappa shape index (κ2) is 8.28. The van der Waals surface area contributed by atoms with E-state index < -0.39 is 16.5 Å². The summed E-state index contributed by atoms with van der Waals surface area (Å²) in [6.45, 7) is 2.59. The molecule has 0 fully saturated rings. The Labute approximate surface area is 155 Å². The summed E-state index contributed by atoms with van der Waals surface area (Å²) in [7, 11) is -3.47. The fraction of sp³-hybridized carbons (Fsp3) is 0.222. The molecule has 0 spiro atoms. The molecule has 3 rings (SSSR count). The van der Waals surface area contributed by atoms with Crippen molar-refractivity contribution < 1.29 is 36.1 Å². The third-order valence-corrected chi connectivity index (χ3v) is 3.83. The van der Waals surface area contributed by atoms with Crippen molar-refractivity contribution in [2.24, 2.45) is 7.05 Å². The van der Waals surface area contributed by atoms with Crippen molar-refractivity contribution in [1.82, 2.24) is 0 Å². The average molecular weight is 395 g/mol. The maximum Gasteiger partial charge on any atom is 0.337 e. The Hall–Kier alpha value is -2.78. The Bertz CT molecular complexity index is 1090. The number of benzene rings is 2. The SMILES string of the molecule is CCCOc1cccc2c1c(C(=O)O)c1ccccc1[n+]2C.O=S(=O)([O-])F. The first-order valence-electron chi connectivity index (χ1n) is 8.00. The van der Waals surface area contributed by atoms with E-state index in [0.29, 0.717) is 23.3 Å². The number of aryl methyl sites for hydroxylation is 1. The standard InChI is InChI=1S/C18H17NO3.FHO3S/c1-3-11-22-15-10-6-9-14-17(15)16(18(20)21)12-7-4-5-8-13(12)19(14)2;1-5(2,3)4/h4-10H,3,11H2,1-2H3;(H,2,3,4). The van der Waals surface area contributed by atoms with Gasteiger partial charge >= 0.3 is 5.97 Å². The van der Waals surface area contributed by atoms with Crippen molar-refractivity contribution in [2.45, 2.75) is 13.3 Å². The summed E-state index contributed by atoms with van der Waals surface area (Å²) < 4.78 is 43.1.